The molecule has 0 unspecified atom stereocenters. The lowest BCUT2D eigenvalue weighted by molar-refractivity contribution is -0.119. The second-order valence-electron chi connectivity index (χ2n) is 5.24. The van der Waals surface area contributed by atoms with Crippen molar-refractivity contribution in [2.24, 2.45) is 5.92 Å². The van der Waals surface area contributed by atoms with Gasteiger partial charge in [-0.3, -0.25) is 4.79 Å². The fourth-order valence-corrected chi connectivity index (χ4v) is 3.17. The molecule has 2 rings (SSSR count). The van der Waals surface area contributed by atoms with Gasteiger partial charge in [-0.05, 0) is 42.9 Å². The number of nitrogens with one attached hydrogen (secondary N) is 1. The van der Waals surface area contributed by atoms with Gasteiger partial charge in [-0.25, -0.2) is 0 Å². The molecule has 1 N–H and O–H groups in total. The van der Waals surface area contributed by atoms with E-state index in [9.17, 15) is 4.79 Å². The lowest BCUT2D eigenvalue weighted by atomic mass is 10.0. The molecule has 0 heterocycles. The fourth-order valence-electron chi connectivity index (χ4n) is 2.88. The van der Waals surface area contributed by atoms with Crippen LogP contribution in [-0.4, -0.2) is 5.91 Å². The Labute approximate surface area is 120 Å². The third-order valence-electron chi connectivity index (χ3n) is 4.05. The Balaban J connectivity index is 2.26. The van der Waals surface area contributed by atoms with Crippen LogP contribution in [0.3, 0.4) is 0 Å². The molecule has 1 saturated carbocycles. The summed E-state index contributed by atoms with van der Waals surface area (Å²) in [5, 5.41) is 3.89. The normalized spacial score (nSPS) is 15.7. The van der Waals surface area contributed by atoms with Gasteiger partial charge in [0.25, 0.3) is 0 Å². The highest BCUT2D eigenvalue weighted by atomic mass is 35.5. The highest BCUT2D eigenvalue weighted by Crippen LogP contribution is 2.32. The minimum Gasteiger partial charge on any atom is -0.325 e. The second-order valence-corrected chi connectivity index (χ2v) is 5.65. The highest BCUT2D eigenvalue weighted by molar-refractivity contribution is 6.32. The van der Waals surface area contributed by atoms with Crippen molar-refractivity contribution in [1.29, 1.82) is 0 Å². The number of halogens is 1. The summed E-state index contributed by atoms with van der Waals surface area (Å²) in [4.78, 5) is 12.3. The average Bonchev–Trinajstić information content (AvgIpc) is 2.93. The number of carbonyl (C=O) groups excluding carboxylic acids is 1. The van der Waals surface area contributed by atoms with Crippen LogP contribution in [0.15, 0.2) is 12.1 Å². The van der Waals surface area contributed by atoms with E-state index < -0.39 is 0 Å². The van der Waals surface area contributed by atoms with Gasteiger partial charge in [0.05, 0.1) is 0 Å². The SMILES string of the molecule is CCc1ccc(Cl)c(CC)c1NC(=O)C1CCCC1. The van der Waals surface area contributed by atoms with E-state index in [1.54, 1.807) is 0 Å². The average molecular weight is 280 g/mol. The van der Waals surface area contributed by atoms with Gasteiger partial charge in [0.15, 0.2) is 0 Å². The van der Waals surface area contributed by atoms with Gasteiger partial charge in [0, 0.05) is 16.6 Å². The smallest absolute Gasteiger partial charge is 0.227 e. The Bertz CT molecular complexity index is 464. The summed E-state index contributed by atoms with van der Waals surface area (Å²) in [7, 11) is 0. The zero-order valence-electron chi connectivity index (χ0n) is 11.8. The lowest BCUT2D eigenvalue weighted by Gasteiger charge is -2.18. The zero-order valence-corrected chi connectivity index (χ0v) is 12.5. The van der Waals surface area contributed by atoms with E-state index in [4.69, 9.17) is 11.6 Å². The number of hydrogen-bond acceptors (Lipinski definition) is 1. The fraction of sp³-hybridized carbons (Fsp3) is 0.562. The molecule has 1 aliphatic carbocycles. The lowest BCUT2D eigenvalue weighted by Crippen LogP contribution is -2.22. The first-order valence-corrected chi connectivity index (χ1v) is 7.66. The van der Waals surface area contributed by atoms with Crippen LogP contribution in [0.4, 0.5) is 5.69 Å². The number of rotatable bonds is 4. The first kappa shape index (κ1) is 14.4. The monoisotopic (exact) mass is 279 g/mol. The quantitative estimate of drug-likeness (QED) is 0.858. The Kier molecular flexibility index (Phi) is 4.87. The minimum absolute atomic E-state index is 0.171. The molecule has 0 aliphatic heterocycles. The molecule has 0 radical (unpaired) electrons. The van der Waals surface area contributed by atoms with Crippen molar-refractivity contribution in [3.63, 3.8) is 0 Å². The summed E-state index contributed by atoms with van der Waals surface area (Å²) in [6.07, 6.45) is 6.14. The Morgan fingerprint density at radius 2 is 1.95 bits per heavy atom. The van der Waals surface area contributed by atoms with E-state index in [-0.39, 0.29) is 11.8 Å². The van der Waals surface area contributed by atoms with Gasteiger partial charge in [-0.1, -0.05) is 44.4 Å². The maximum absolute atomic E-state index is 12.3. The number of amides is 1. The molecular weight excluding hydrogens is 258 g/mol. The van der Waals surface area contributed by atoms with Crippen LogP contribution in [0, 0.1) is 5.92 Å². The summed E-state index contributed by atoms with van der Waals surface area (Å²) in [5.41, 5.74) is 3.19. The van der Waals surface area contributed by atoms with Gasteiger partial charge in [-0.15, -0.1) is 0 Å². The molecule has 0 saturated heterocycles. The Hall–Kier alpha value is -1.02. The Morgan fingerprint density at radius 1 is 1.26 bits per heavy atom. The zero-order chi connectivity index (χ0) is 13.8. The third kappa shape index (κ3) is 3.11. The molecule has 104 valence electrons. The molecule has 0 bridgehead atoms. The van der Waals surface area contributed by atoms with Gasteiger partial charge in [0.2, 0.25) is 5.91 Å². The van der Waals surface area contributed by atoms with E-state index in [1.165, 1.54) is 18.4 Å². The minimum atomic E-state index is 0.171. The van der Waals surface area contributed by atoms with E-state index in [0.29, 0.717) is 0 Å². The summed E-state index contributed by atoms with van der Waals surface area (Å²) < 4.78 is 0. The summed E-state index contributed by atoms with van der Waals surface area (Å²) in [5.74, 6) is 0.359. The number of carbonyl (C=O) groups is 1. The molecule has 2 nitrogen and oxygen atoms in total. The topological polar surface area (TPSA) is 29.1 Å². The van der Waals surface area contributed by atoms with Crippen LogP contribution in [0.2, 0.25) is 5.02 Å². The predicted molar refractivity (Wildman–Crippen MR) is 80.8 cm³/mol. The van der Waals surface area contributed by atoms with Crippen molar-refractivity contribution in [2.75, 3.05) is 5.32 Å². The van der Waals surface area contributed by atoms with Crippen LogP contribution in [0.1, 0.15) is 50.7 Å². The van der Waals surface area contributed by atoms with Gasteiger partial charge < -0.3 is 5.32 Å². The second kappa shape index (κ2) is 6.42. The summed E-state index contributed by atoms with van der Waals surface area (Å²) in [6.45, 7) is 4.18. The molecule has 1 fully saturated rings. The molecule has 0 aromatic heterocycles. The molecule has 1 aromatic carbocycles. The first-order valence-electron chi connectivity index (χ1n) is 7.28. The number of benzene rings is 1. The predicted octanol–water partition coefficient (Wildman–Crippen LogP) is 4.59. The summed E-state index contributed by atoms with van der Waals surface area (Å²) in [6, 6.07) is 3.95. The first-order chi connectivity index (χ1) is 9.17. The van der Waals surface area contributed by atoms with E-state index in [0.717, 1.165) is 42.0 Å². The van der Waals surface area contributed by atoms with E-state index >= 15 is 0 Å². The van der Waals surface area contributed by atoms with E-state index in [2.05, 4.69) is 19.2 Å². The molecule has 0 atom stereocenters. The van der Waals surface area contributed by atoms with Crippen molar-refractivity contribution in [3.05, 3.63) is 28.3 Å². The van der Waals surface area contributed by atoms with Crippen LogP contribution in [0.25, 0.3) is 0 Å². The maximum atomic E-state index is 12.3. The molecular formula is C16H22ClNO. The largest absolute Gasteiger partial charge is 0.325 e. The molecule has 19 heavy (non-hydrogen) atoms. The van der Waals surface area contributed by atoms with Crippen LogP contribution >= 0.6 is 11.6 Å². The van der Waals surface area contributed by atoms with Crippen molar-refractivity contribution >= 4 is 23.2 Å². The van der Waals surface area contributed by atoms with Crippen LogP contribution < -0.4 is 5.32 Å². The molecule has 0 spiro atoms. The van der Waals surface area contributed by atoms with E-state index in [1.807, 2.05) is 12.1 Å². The van der Waals surface area contributed by atoms with Gasteiger partial charge >= 0.3 is 0 Å². The van der Waals surface area contributed by atoms with Gasteiger partial charge in [-0.2, -0.15) is 0 Å². The maximum Gasteiger partial charge on any atom is 0.227 e. The highest BCUT2D eigenvalue weighted by Gasteiger charge is 2.24. The number of anilines is 1. The van der Waals surface area contributed by atoms with Crippen molar-refractivity contribution < 1.29 is 4.79 Å². The molecule has 3 heteroatoms. The third-order valence-corrected chi connectivity index (χ3v) is 4.40. The standard InChI is InChI=1S/C16H22ClNO/c1-3-11-9-10-14(17)13(4-2)15(11)18-16(19)12-7-5-6-8-12/h9-10,12H,3-8H2,1-2H3,(H,18,19). The van der Waals surface area contributed by atoms with Crippen molar-refractivity contribution in [1.82, 2.24) is 0 Å². The summed E-state index contributed by atoms with van der Waals surface area (Å²) >= 11 is 6.25. The van der Waals surface area contributed by atoms with Crippen molar-refractivity contribution in [2.45, 2.75) is 52.4 Å². The molecule has 1 aliphatic rings. The van der Waals surface area contributed by atoms with Gasteiger partial charge in [0.1, 0.15) is 0 Å². The molecule has 1 aromatic rings. The number of hydrogen-bond donors (Lipinski definition) is 1. The molecule has 1 amide bonds. The number of aryl methyl sites for hydroxylation is 1. The van der Waals surface area contributed by atoms with Crippen LogP contribution in [0.5, 0.6) is 0 Å². The Morgan fingerprint density at radius 3 is 2.53 bits per heavy atom. The van der Waals surface area contributed by atoms with Crippen LogP contribution in [-0.2, 0) is 17.6 Å². The van der Waals surface area contributed by atoms with Crippen molar-refractivity contribution in [3.8, 4) is 0 Å².